The van der Waals surface area contributed by atoms with Gasteiger partial charge in [-0.05, 0) is 59.0 Å². The average Bonchev–Trinajstić information content (AvgIpc) is 2.84. The van der Waals surface area contributed by atoms with Crippen molar-refractivity contribution in [2.45, 2.75) is 12.8 Å². The van der Waals surface area contributed by atoms with E-state index >= 15 is 0 Å². The number of hydrogen-bond acceptors (Lipinski definition) is 7. The molecule has 0 aromatic heterocycles. The number of hydrogen-bond donors (Lipinski definition) is 3. The second-order valence-electron chi connectivity index (χ2n) is 7.41. The molecule has 0 aliphatic rings. The Kier molecular flexibility index (Phi) is 10.0. The average molecular weight is 455 g/mol. The van der Waals surface area contributed by atoms with Gasteiger partial charge < -0.3 is 24.4 Å². The maximum absolute atomic E-state index is 9.16. The summed E-state index contributed by atoms with van der Waals surface area (Å²) in [5, 5.41) is 26.4. The van der Waals surface area contributed by atoms with Crippen LogP contribution >= 0.6 is 0 Å². The van der Waals surface area contributed by atoms with E-state index < -0.39 is 0 Å². The lowest BCUT2D eigenvalue weighted by molar-refractivity contribution is -0.245. The van der Waals surface area contributed by atoms with Gasteiger partial charge in [0.05, 0.1) is 13.2 Å². The first-order chi connectivity index (χ1) is 16.2. The van der Waals surface area contributed by atoms with Crippen molar-refractivity contribution >= 4 is 0 Å². The Morgan fingerprint density at radius 2 is 1.09 bits per heavy atom. The molecule has 3 aromatic carbocycles. The Hall–Kier alpha value is -3.10. The van der Waals surface area contributed by atoms with E-state index in [1.165, 1.54) is 0 Å². The molecule has 7 heteroatoms. The molecule has 0 saturated heterocycles. The van der Waals surface area contributed by atoms with Crippen molar-refractivity contribution in [2.24, 2.45) is 0 Å². The molecule has 0 amide bonds. The van der Waals surface area contributed by atoms with Gasteiger partial charge in [0, 0.05) is 6.42 Å². The number of rotatable bonds is 14. The second kappa shape index (κ2) is 13.4. The molecule has 0 aliphatic carbocycles. The van der Waals surface area contributed by atoms with Gasteiger partial charge in [-0.1, -0.05) is 36.4 Å². The summed E-state index contributed by atoms with van der Waals surface area (Å²) in [6.45, 7) is 0.843. The lowest BCUT2D eigenvalue weighted by Gasteiger charge is -2.14. The molecule has 0 bridgehead atoms. The molecule has 0 aliphatic heterocycles. The fraction of sp³-hybridized carbons (Fsp3) is 0.308. The Bertz CT molecular complexity index is 955. The molecule has 0 fully saturated rings. The second-order valence-corrected chi connectivity index (χ2v) is 7.41. The van der Waals surface area contributed by atoms with E-state index in [1.807, 2.05) is 60.7 Å². The number of ether oxygens (including phenoxy) is 3. The van der Waals surface area contributed by atoms with E-state index in [0.29, 0.717) is 6.42 Å². The van der Waals surface area contributed by atoms with E-state index in [9.17, 15) is 0 Å². The van der Waals surface area contributed by atoms with Crippen LogP contribution in [0.4, 0.5) is 0 Å². The van der Waals surface area contributed by atoms with E-state index in [4.69, 9.17) is 29.7 Å². The third-order valence-electron chi connectivity index (χ3n) is 4.93. The van der Waals surface area contributed by atoms with Crippen LogP contribution in [0, 0.1) is 0 Å². The quantitative estimate of drug-likeness (QED) is 0.195. The van der Waals surface area contributed by atoms with Crippen LogP contribution in [-0.2, 0) is 17.7 Å². The largest absolute Gasteiger partial charge is 0.491 e. The van der Waals surface area contributed by atoms with Crippen LogP contribution in [0.5, 0.6) is 17.2 Å². The number of aliphatic hydroxyl groups is 2. The summed E-state index contributed by atoms with van der Waals surface area (Å²) in [7, 11) is 0. The molecule has 176 valence electrons. The summed E-state index contributed by atoms with van der Waals surface area (Å²) >= 11 is 0. The third kappa shape index (κ3) is 8.07. The Labute approximate surface area is 193 Å². The maximum atomic E-state index is 9.16. The van der Waals surface area contributed by atoms with Crippen LogP contribution in [-0.4, -0.2) is 55.1 Å². The first-order valence-corrected chi connectivity index (χ1v) is 10.9. The predicted octanol–water partition coefficient (Wildman–Crippen LogP) is 3.48. The van der Waals surface area contributed by atoms with Gasteiger partial charge >= 0.3 is 0 Å². The highest BCUT2D eigenvalue weighted by molar-refractivity contribution is 5.43. The van der Waals surface area contributed by atoms with Crippen molar-refractivity contribution in [3.8, 4) is 17.2 Å². The summed E-state index contributed by atoms with van der Waals surface area (Å²) < 4.78 is 16.7. The normalized spacial score (nSPS) is 10.8. The van der Waals surface area contributed by atoms with Gasteiger partial charge in [0.25, 0.3) is 0 Å². The fourth-order valence-corrected chi connectivity index (χ4v) is 3.40. The summed E-state index contributed by atoms with van der Waals surface area (Å²) in [6, 6.07) is 21.7. The van der Waals surface area contributed by atoms with Crippen LogP contribution in [0.25, 0.3) is 0 Å². The van der Waals surface area contributed by atoms with E-state index in [-0.39, 0.29) is 39.6 Å². The highest BCUT2D eigenvalue weighted by atomic mass is 17.1. The lowest BCUT2D eigenvalue weighted by atomic mass is 9.98. The zero-order valence-corrected chi connectivity index (χ0v) is 18.5. The minimum atomic E-state index is -0.0447. The van der Waals surface area contributed by atoms with Gasteiger partial charge in [0.2, 0.25) is 0 Å². The smallest absolute Gasteiger partial charge is 0.122 e. The molecule has 0 heterocycles. The number of benzene rings is 3. The summed E-state index contributed by atoms with van der Waals surface area (Å²) in [4.78, 5) is 4.01. The fourth-order valence-electron chi connectivity index (χ4n) is 3.40. The minimum absolute atomic E-state index is 0.0193. The van der Waals surface area contributed by atoms with Crippen LogP contribution in [0.15, 0.2) is 66.7 Å². The van der Waals surface area contributed by atoms with E-state index in [1.54, 1.807) is 0 Å². The summed E-state index contributed by atoms with van der Waals surface area (Å²) in [5.41, 5.74) is 4.42. The first-order valence-electron chi connectivity index (χ1n) is 10.9. The summed E-state index contributed by atoms with van der Waals surface area (Å²) in [6.07, 6.45) is 1.43. The topological polar surface area (TPSA) is 97.6 Å². The maximum Gasteiger partial charge on any atom is 0.122 e. The monoisotopic (exact) mass is 454 g/mol. The molecule has 3 rings (SSSR count). The van der Waals surface area contributed by atoms with Crippen LogP contribution in [0.2, 0.25) is 0 Å². The molecule has 7 nitrogen and oxygen atoms in total. The standard InChI is InChI=1S/C26H30O7/c27-11-13-30-24-8-3-21(4-9-24)18-23-19-22(5-10-26(23)32-14-12-28)17-20-1-6-25(7-2-20)31-15-16-33-29/h1-10,19,27-29H,11-18H2. The molecule has 0 saturated carbocycles. The van der Waals surface area contributed by atoms with E-state index in [2.05, 4.69) is 11.0 Å². The minimum Gasteiger partial charge on any atom is -0.491 e. The third-order valence-corrected chi connectivity index (χ3v) is 4.93. The molecule has 3 N–H and O–H groups in total. The molecule has 0 radical (unpaired) electrons. The molecular weight excluding hydrogens is 424 g/mol. The predicted molar refractivity (Wildman–Crippen MR) is 124 cm³/mol. The molecule has 0 atom stereocenters. The van der Waals surface area contributed by atoms with Crippen LogP contribution in [0.1, 0.15) is 22.3 Å². The number of aliphatic hydroxyl groups excluding tert-OH is 2. The Morgan fingerprint density at radius 1 is 0.545 bits per heavy atom. The highest BCUT2D eigenvalue weighted by Gasteiger charge is 2.09. The van der Waals surface area contributed by atoms with Gasteiger partial charge in [0.15, 0.2) is 0 Å². The zero-order chi connectivity index (χ0) is 23.3. The molecule has 0 unspecified atom stereocenters. The van der Waals surface area contributed by atoms with Gasteiger partial charge in [0.1, 0.15) is 43.7 Å². The van der Waals surface area contributed by atoms with Crippen molar-refractivity contribution in [2.75, 3.05) is 39.6 Å². The van der Waals surface area contributed by atoms with Crippen molar-refractivity contribution in [1.82, 2.24) is 0 Å². The van der Waals surface area contributed by atoms with Gasteiger partial charge in [-0.15, -0.1) is 0 Å². The molecular formula is C26H30O7. The zero-order valence-electron chi connectivity index (χ0n) is 18.5. The summed E-state index contributed by atoms with van der Waals surface area (Å²) in [5.74, 6) is 2.19. The van der Waals surface area contributed by atoms with Crippen molar-refractivity contribution < 1.29 is 34.6 Å². The van der Waals surface area contributed by atoms with Crippen molar-refractivity contribution in [3.05, 3.63) is 89.0 Å². The molecule has 3 aromatic rings. The van der Waals surface area contributed by atoms with Gasteiger partial charge in [-0.25, -0.2) is 4.89 Å². The van der Waals surface area contributed by atoms with Gasteiger partial charge in [-0.3, -0.25) is 5.26 Å². The SMILES string of the molecule is OCCOc1ccc(Cc2cc(Cc3ccc(OCCOO)cc3)ccc2OCCO)cc1. The van der Waals surface area contributed by atoms with Crippen LogP contribution < -0.4 is 14.2 Å². The Balaban J connectivity index is 1.71. The highest BCUT2D eigenvalue weighted by Crippen LogP contribution is 2.26. The lowest BCUT2D eigenvalue weighted by Crippen LogP contribution is -2.05. The van der Waals surface area contributed by atoms with Crippen molar-refractivity contribution in [1.29, 1.82) is 0 Å². The first kappa shape index (κ1) is 24.5. The molecule has 0 spiro atoms. The van der Waals surface area contributed by atoms with E-state index in [0.717, 1.165) is 45.9 Å². The Morgan fingerprint density at radius 3 is 1.70 bits per heavy atom. The van der Waals surface area contributed by atoms with Crippen LogP contribution in [0.3, 0.4) is 0 Å². The van der Waals surface area contributed by atoms with Gasteiger partial charge in [-0.2, -0.15) is 0 Å². The van der Waals surface area contributed by atoms with Crippen molar-refractivity contribution in [3.63, 3.8) is 0 Å². The molecule has 33 heavy (non-hydrogen) atoms.